The van der Waals surface area contributed by atoms with Gasteiger partial charge in [-0.05, 0) is 55.3 Å². The van der Waals surface area contributed by atoms with E-state index >= 15 is 0 Å². The fraction of sp³-hybridized carbons (Fsp3) is 0.250. The van der Waals surface area contributed by atoms with Gasteiger partial charge in [0.2, 0.25) is 10.0 Å². The van der Waals surface area contributed by atoms with Gasteiger partial charge in [0.1, 0.15) is 10.6 Å². The van der Waals surface area contributed by atoms with Crippen LogP contribution >= 0.6 is 0 Å². The summed E-state index contributed by atoms with van der Waals surface area (Å²) in [4.78, 5) is 14.0. The number of benzene rings is 2. The molecule has 1 amide bonds. The summed E-state index contributed by atoms with van der Waals surface area (Å²) < 4.78 is 58.7. The number of amides is 1. The molecule has 154 valence electrons. The number of sulfonamides is 1. The molecule has 1 N–H and O–H groups in total. The first kappa shape index (κ1) is 20.9. The molecular weight excluding hydrogens is 402 g/mol. The largest absolute Gasteiger partial charge is 0.495 e. The molecule has 6 nitrogen and oxygen atoms in total. The number of halogens is 2. The average Bonchev–Trinajstić information content (AvgIpc) is 2.72. The molecule has 29 heavy (non-hydrogen) atoms. The Kier molecular flexibility index (Phi) is 5.99. The first-order valence-electron chi connectivity index (χ1n) is 8.86. The highest BCUT2D eigenvalue weighted by Gasteiger charge is 2.23. The summed E-state index contributed by atoms with van der Waals surface area (Å²) in [6.45, 7) is 0.378. The van der Waals surface area contributed by atoms with E-state index in [-0.39, 0.29) is 10.6 Å². The Bertz CT molecular complexity index is 1080. The van der Waals surface area contributed by atoms with Gasteiger partial charge in [0.15, 0.2) is 11.6 Å². The number of hydrogen-bond acceptors (Lipinski definition) is 4. The van der Waals surface area contributed by atoms with Crippen LogP contribution in [0.25, 0.3) is 6.08 Å². The van der Waals surface area contributed by atoms with Crippen molar-refractivity contribution in [1.29, 1.82) is 0 Å². The number of nitrogens with one attached hydrogen (secondary N) is 1. The maximum atomic E-state index is 13.6. The second kappa shape index (κ2) is 8.30. The third-order valence-corrected chi connectivity index (χ3v) is 6.11. The van der Waals surface area contributed by atoms with Crippen LogP contribution in [0.1, 0.15) is 17.5 Å². The number of hydrogen-bond donors (Lipinski definition) is 1. The molecule has 3 rings (SSSR count). The van der Waals surface area contributed by atoms with Crippen LogP contribution in [-0.2, 0) is 21.2 Å². The van der Waals surface area contributed by atoms with Gasteiger partial charge in [-0.2, -0.15) is 0 Å². The second-order valence-corrected chi connectivity index (χ2v) is 8.29. The van der Waals surface area contributed by atoms with Crippen molar-refractivity contribution in [3.05, 3.63) is 59.2 Å². The van der Waals surface area contributed by atoms with Crippen molar-refractivity contribution in [2.24, 2.45) is 0 Å². The zero-order valence-corrected chi connectivity index (χ0v) is 16.7. The molecule has 1 aliphatic heterocycles. The zero-order chi connectivity index (χ0) is 21.2. The van der Waals surface area contributed by atoms with Crippen LogP contribution in [0.2, 0.25) is 0 Å². The van der Waals surface area contributed by atoms with E-state index in [1.165, 1.54) is 43.3 Å². The number of fused-ring (bicyclic) bond motifs is 1. The van der Waals surface area contributed by atoms with Gasteiger partial charge < -0.3 is 9.64 Å². The molecule has 2 aromatic carbocycles. The molecule has 0 unspecified atom stereocenters. The third-order valence-electron chi connectivity index (χ3n) is 4.67. The first-order chi connectivity index (χ1) is 13.8. The smallest absolute Gasteiger partial charge is 0.250 e. The van der Waals surface area contributed by atoms with Crippen molar-refractivity contribution in [2.75, 3.05) is 25.6 Å². The van der Waals surface area contributed by atoms with Crippen LogP contribution in [0.15, 0.2) is 41.3 Å². The summed E-state index contributed by atoms with van der Waals surface area (Å²) in [7, 11) is -1.10. The van der Waals surface area contributed by atoms with E-state index in [0.29, 0.717) is 36.2 Å². The van der Waals surface area contributed by atoms with E-state index in [1.54, 1.807) is 6.07 Å². The molecule has 0 spiro atoms. The van der Waals surface area contributed by atoms with E-state index in [0.717, 1.165) is 12.1 Å². The molecule has 0 saturated carbocycles. The van der Waals surface area contributed by atoms with Gasteiger partial charge in [0, 0.05) is 18.7 Å². The van der Waals surface area contributed by atoms with Crippen LogP contribution < -0.4 is 14.4 Å². The van der Waals surface area contributed by atoms with Crippen molar-refractivity contribution in [3.8, 4) is 5.75 Å². The predicted molar refractivity (Wildman–Crippen MR) is 105 cm³/mol. The van der Waals surface area contributed by atoms with Crippen LogP contribution in [0, 0.1) is 11.6 Å². The van der Waals surface area contributed by atoms with Crippen LogP contribution in [0.4, 0.5) is 14.5 Å². The lowest BCUT2D eigenvalue weighted by Crippen LogP contribution is -2.34. The number of methoxy groups -OCH3 is 1. The summed E-state index contributed by atoms with van der Waals surface area (Å²) in [5.41, 5.74) is 1.39. The maximum absolute atomic E-state index is 13.6. The van der Waals surface area contributed by atoms with Crippen molar-refractivity contribution in [1.82, 2.24) is 4.72 Å². The van der Waals surface area contributed by atoms with E-state index in [1.807, 2.05) is 0 Å². The lowest BCUT2D eigenvalue weighted by atomic mass is 10.0. The molecular formula is C20H20F2N2O4S. The molecule has 2 aromatic rings. The lowest BCUT2D eigenvalue weighted by Gasteiger charge is -2.28. The Labute approximate surface area is 167 Å². The quantitative estimate of drug-likeness (QED) is 0.752. The number of nitrogens with zero attached hydrogens (tertiary/aromatic N) is 1. The SMILES string of the molecule is CNS(=O)(=O)c1cc(/C=C/C(=O)N2CCCc3cc(F)c(F)cc32)ccc1OC. The number of ether oxygens (including phenoxy) is 1. The summed E-state index contributed by atoms with van der Waals surface area (Å²) >= 11 is 0. The minimum Gasteiger partial charge on any atom is -0.495 e. The highest BCUT2D eigenvalue weighted by molar-refractivity contribution is 7.89. The number of aryl methyl sites for hydroxylation is 1. The molecule has 0 atom stereocenters. The zero-order valence-electron chi connectivity index (χ0n) is 15.9. The molecule has 1 aliphatic rings. The van der Waals surface area contributed by atoms with Gasteiger partial charge in [-0.25, -0.2) is 21.9 Å². The average molecular weight is 422 g/mol. The highest BCUT2D eigenvalue weighted by atomic mass is 32.2. The normalized spacial score (nSPS) is 14.1. The minimum atomic E-state index is -3.75. The van der Waals surface area contributed by atoms with Crippen LogP contribution in [-0.4, -0.2) is 35.0 Å². The Morgan fingerprint density at radius 2 is 1.93 bits per heavy atom. The monoisotopic (exact) mass is 422 g/mol. The van der Waals surface area contributed by atoms with Gasteiger partial charge in [-0.3, -0.25) is 4.79 Å². The van der Waals surface area contributed by atoms with E-state index in [2.05, 4.69) is 4.72 Å². The number of rotatable bonds is 5. The van der Waals surface area contributed by atoms with Crippen LogP contribution in [0.3, 0.4) is 0 Å². The lowest BCUT2D eigenvalue weighted by molar-refractivity contribution is -0.114. The maximum Gasteiger partial charge on any atom is 0.250 e. The summed E-state index contributed by atoms with van der Waals surface area (Å²) in [6.07, 6.45) is 3.92. The summed E-state index contributed by atoms with van der Waals surface area (Å²) in [5, 5.41) is 0. The fourth-order valence-electron chi connectivity index (χ4n) is 3.18. The molecule has 0 bridgehead atoms. The third kappa shape index (κ3) is 4.30. The highest BCUT2D eigenvalue weighted by Crippen LogP contribution is 2.30. The summed E-state index contributed by atoms with van der Waals surface area (Å²) in [6, 6.07) is 6.62. The van der Waals surface area contributed by atoms with Crippen molar-refractivity contribution in [2.45, 2.75) is 17.7 Å². The Morgan fingerprint density at radius 1 is 1.21 bits per heavy atom. The molecule has 9 heteroatoms. The van der Waals surface area contributed by atoms with Gasteiger partial charge in [-0.15, -0.1) is 0 Å². The minimum absolute atomic E-state index is 0.0574. The Hall–Kier alpha value is -2.78. The molecule has 0 radical (unpaired) electrons. The summed E-state index contributed by atoms with van der Waals surface area (Å²) in [5.74, 6) is -2.19. The van der Waals surface area contributed by atoms with Gasteiger partial charge in [0.05, 0.1) is 12.8 Å². The van der Waals surface area contributed by atoms with Gasteiger partial charge in [0.25, 0.3) is 5.91 Å². The molecule has 0 aliphatic carbocycles. The topological polar surface area (TPSA) is 75.7 Å². The van der Waals surface area contributed by atoms with Crippen molar-refractivity contribution in [3.63, 3.8) is 0 Å². The van der Waals surface area contributed by atoms with E-state index in [4.69, 9.17) is 4.74 Å². The van der Waals surface area contributed by atoms with E-state index < -0.39 is 27.6 Å². The standard InChI is InChI=1S/C20H20F2N2O4S/c1-23-29(26,27)19-10-13(5-7-18(19)28-2)6-8-20(25)24-9-3-4-14-11-15(21)16(22)12-17(14)24/h5-8,10-12,23H,3-4,9H2,1-2H3/b8-6+. The van der Waals surface area contributed by atoms with Crippen LogP contribution in [0.5, 0.6) is 5.75 Å². The number of carbonyl (C=O) groups is 1. The second-order valence-electron chi connectivity index (χ2n) is 6.44. The van der Waals surface area contributed by atoms with Gasteiger partial charge in [-0.1, -0.05) is 6.07 Å². The van der Waals surface area contributed by atoms with E-state index in [9.17, 15) is 22.0 Å². The fourth-order valence-corrected chi connectivity index (χ4v) is 4.11. The molecule has 1 heterocycles. The number of carbonyl (C=O) groups excluding carboxylic acids is 1. The number of anilines is 1. The Balaban J connectivity index is 1.89. The van der Waals surface area contributed by atoms with Crippen molar-refractivity contribution >= 4 is 27.7 Å². The Morgan fingerprint density at radius 3 is 2.62 bits per heavy atom. The predicted octanol–water partition coefficient (Wildman–Crippen LogP) is 2.87. The van der Waals surface area contributed by atoms with Gasteiger partial charge >= 0.3 is 0 Å². The van der Waals surface area contributed by atoms with Crippen molar-refractivity contribution < 1.29 is 26.7 Å². The molecule has 0 fully saturated rings. The first-order valence-corrected chi connectivity index (χ1v) is 10.3. The molecule has 0 saturated heterocycles. The molecule has 0 aromatic heterocycles.